The van der Waals surface area contributed by atoms with E-state index in [1.165, 1.54) is 0 Å². The van der Waals surface area contributed by atoms with Gasteiger partial charge in [-0.05, 0) is 115 Å². The summed E-state index contributed by atoms with van der Waals surface area (Å²) < 4.78 is 122. The van der Waals surface area contributed by atoms with Crippen molar-refractivity contribution in [2.45, 2.75) is 0 Å². The number of rotatable bonds is 7. The Morgan fingerprint density at radius 2 is 0.931 bits per heavy atom. The molecule has 2 heteroatoms. The Balaban J connectivity index is 1.07. The first-order chi connectivity index (χ1) is 34.2. The molecule has 0 N–H and O–H groups in total. The topological polar surface area (TPSA) is 16.4 Å². The van der Waals surface area contributed by atoms with E-state index in [4.69, 9.17) is 16.8 Å². The molecule has 0 saturated heterocycles. The van der Waals surface area contributed by atoms with E-state index in [0.717, 1.165) is 65.7 Å². The minimum Gasteiger partial charge on any atom is -0.455 e. The second-order valence-electron chi connectivity index (χ2n) is 13.9. The summed E-state index contributed by atoms with van der Waals surface area (Å²) in [5.41, 5.74) is 3.86. The van der Waals surface area contributed by atoms with Crippen LogP contribution in [0, 0.1) is 0 Å². The number of hydrogen-bond acceptors (Lipinski definition) is 2. The maximum Gasteiger partial charge on any atom is 0.143 e. The fourth-order valence-corrected chi connectivity index (χ4v) is 7.64. The summed E-state index contributed by atoms with van der Waals surface area (Å²) in [6, 6.07) is 38.3. The van der Waals surface area contributed by atoms with E-state index in [0.29, 0.717) is 11.4 Å². The molecule has 0 unspecified atom stereocenters. The molecule has 0 bridgehead atoms. The molecule has 10 aromatic carbocycles. The van der Waals surface area contributed by atoms with Gasteiger partial charge < -0.3 is 9.32 Å². The highest BCUT2D eigenvalue weighted by atomic mass is 16.3. The van der Waals surface area contributed by atoms with Gasteiger partial charge >= 0.3 is 0 Å². The van der Waals surface area contributed by atoms with E-state index in [1.807, 2.05) is 121 Å². The molecular formula is C56H37NO. The van der Waals surface area contributed by atoms with Crippen LogP contribution in [0.4, 0.5) is 17.1 Å². The Hall–Kier alpha value is -7.68. The third kappa shape index (κ3) is 6.00. The molecule has 0 radical (unpaired) electrons. The van der Waals surface area contributed by atoms with Crippen LogP contribution in [0.2, 0.25) is 0 Å². The SMILES string of the molecule is [2H]c1c([2H])c([2H])c(-c2c([2H])c([2H])c(-c3c([2H])c([2H])c(N(c4ccc(-c5ccc6ccccc6c5)cc4)c4ccc(-c5cccc6oc7c8ccccc8ccc7c56)cc4)c([2H])c3[2H])c([2H])c2[2H])c([2H])c1[2H]. The summed E-state index contributed by atoms with van der Waals surface area (Å²) in [6.07, 6.45) is 0. The van der Waals surface area contributed by atoms with Crippen molar-refractivity contribution in [1.29, 1.82) is 0 Å². The summed E-state index contributed by atoms with van der Waals surface area (Å²) in [5, 5.41) is 6.12. The number of furan rings is 1. The van der Waals surface area contributed by atoms with Gasteiger partial charge in [-0.1, -0.05) is 170 Å². The summed E-state index contributed by atoms with van der Waals surface area (Å²) in [6.45, 7) is 0. The van der Waals surface area contributed by atoms with Crippen molar-refractivity contribution < 1.29 is 22.2 Å². The van der Waals surface area contributed by atoms with Gasteiger partial charge in [0.1, 0.15) is 11.2 Å². The molecule has 272 valence electrons. The molecule has 2 nitrogen and oxygen atoms in total. The first kappa shape index (κ1) is 22.8. The molecule has 0 saturated carbocycles. The zero-order valence-corrected chi connectivity index (χ0v) is 30.7. The first-order valence-electron chi connectivity index (χ1n) is 25.3. The minimum absolute atomic E-state index is 0.143. The van der Waals surface area contributed by atoms with Crippen molar-refractivity contribution in [2.75, 3.05) is 4.90 Å². The lowest BCUT2D eigenvalue weighted by Crippen LogP contribution is -2.09. The van der Waals surface area contributed by atoms with E-state index in [9.17, 15) is 5.48 Å². The second kappa shape index (κ2) is 14.1. The fraction of sp³-hybridized carbons (Fsp3) is 0. The lowest BCUT2D eigenvalue weighted by Gasteiger charge is -2.26. The molecule has 1 aromatic heterocycles. The van der Waals surface area contributed by atoms with Crippen molar-refractivity contribution in [3.05, 3.63) is 224 Å². The number of hydrogen-bond donors (Lipinski definition) is 0. The van der Waals surface area contributed by atoms with Crippen molar-refractivity contribution in [2.24, 2.45) is 0 Å². The summed E-state index contributed by atoms with van der Waals surface area (Å²) >= 11 is 0. The second-order valence-corrected chi connectivity index (χ2v) is 13.9. The van der Waals surface area contributed by atoms with Gasteiger partial charge in [0.2, 0.25) is 0 Å². The van der Waals surface area contributed by atoms with Gasteiger partial charge in [-0.25, -0.2) is 0 Å². The minimum atomic E-state index is -0.777. The van der Waals surface area contributed by atoms with E-state index < -0.39 is 101 Å². The molecule has 11 rings (SSSR count). The maximum atomic E-state index is 9.57. The predicted octanol–water partition coefficient (Wildman–Crippen LogP) is 16.0. The molecule has 0 spiro atoms. The van der Waals surface area contributed by atoms with Gasteiger partial charge in [0, 0.05) is 33.2 Å². The van der Waals surface area contributed by atoms with Crippen LogP contribution in [0.1, 0.15) is 17.8 Å². The lowest BCUT2D eigenvalue weighted by atomic mass is 9.97. The van der Waals surface area contributed by atoms with E-state index in [-0.39, 0.29) is 5.69 Å². The summed E-state index contributed by atoms with van der Waals surface area (Å²) in [4.78, 5) is 1.62. The van der Waals surface area contributed by atoms with Crippen molar-refractivity contribution in [1.82, 2.24) is 0 Å². The van der Waals surface area contributed by atoms with Gasteiger partial charge in [-0.3, -0.25) is 0 Å². The average Bonchev–Trinajstić information content (AvgIpc) is 3.79. The molecule has 0 aliphatic carbocycles. The smallest absolute Gasteiger partial charge is 0.143 e. The van der Waals surface area contributed by atoms with Gasteiger partial charge in [-0.2, -0.15) is 0 Å². The molecule has 0 aliphatic heterocycles. The number of benzene rings is 10. The van der Waals surface area contributed by atoms with Crippen LogP contribution in [-0.4, -0.2) is 0 Å². The first-order valence-corrected chi connectivity index (χ1v) is 18.8. The highest BCUT2D eigenvalue weighted by Crippen LogP contribution is 2.42. The van der Waals surface area contributed by atoms with E-state index in [2.05, 4.69) is 24.3 Å². The van der Waals surface area contributed by atoms with Crippen LogP contribution < -0.4 is 4.90 Å². The Morgan fingerprint density at radius 3 is 1.64 bits per heavy atom. The Morgan fingerprint density at radius 1 is 0.362 bits per heavy atom. The van der Waals surface area contributed by atoms with Crippen LogP contribution in [0.3, 0.4) is 0 Å². The third-order valence-corrected chi connectivity index (χ3v) is 10.5. The molecule has 0 aliphatic rings. The zero-order chi connectivity index (χ0) is 49.7. The van der Waals surface area contributed by atoms with Crippen LogP contribution in [0.15, 0.2) is 229 Å². The molecule has 0 atom stereocenters. The van der Waals surface area contributed by atoms with Crippen LogP contribution in [0.5, 0.6) is 0 Å². The molecule has 0 amide bonds. The van der Waals surface area contributed by atoms with Gasteiger partial charge in [0.05, 0.1) is 17.8 Å². The Bertz CT molecular complexity index is 3950. The number of nitrogens with zero attached hydrogens (tertiary/aromatic N) is 1. The molecule has 1 heterocycles. The highest BCUT2D eigenvalue weighted by molar-refractivity contribution is 6.19. The van der Waals surface area contributed by atoms with Crippen molar-refractivity contribution >= 4 is 60.5 Å². The van der Waals surface area contributed by atoms with Crippen molar-refractivity contribution in [3.8, 4) is 44.5 Å². The van der Waals surface area contributed by atoms with E-state index in [1.54, 1.807) is 4.90 Å². The zero-order valence-electron chi connectivity index (χ0n) is 43.7. The highest BCUT2D eigenvalue weighted by Gasteiger charge is 2.17. The van der Waals surface area contributed by atoms with E-state index >= 15 is 0 Å². The summed E-state index contributed by atoms with van der Waals surface area (Å²) in [7, 11) is 0. The molecule has 58 heavy (non-hydrogen) atoms. The standard InChI is InChI=1S/C56H37NO/c1-2-9-38(10-3-1)40-17-19-41(20-18-40)42-23-30-48(31-24-42)57(49-32-25-43(26-33-49)47-22-21-39-11-4-5-13-46(39)37-47)50-34-27-45(28-35-50)51-15-8-16-54-55(51)53-36-29-44-12-6-7-14-52(44)56(53)58-54/h1-37H/i1D,2D,3D,9D,10D,17D,18D,19D,20D,23D,24D,30D,31D. The number of anilines is 3. The summed E-state index contributed by atoms with van der Waals surface area (Å²) in [5.74, 6) is 0. The quantitative estimate of drug-likeness (QED) is 0.161. The monoisotopic (exact) mass is 752 g/mol. The maximum absolute atomic E-state index is 9.57. The predicted molar refractivity (Wildman–Crippen MR) is 245 cm³/mol. The Kier molecular flexibility index (Phi) is 5.54. The van der Waals surface area contributed by atoms with Gasteiger partial charge in [-0.15, -0.1) is 0 Å². The largest absolute Gasteiger partial charge is 0.455 e. The van der Waals surface area contributed by atoms with Gasteiger partial charge in [0.15, 0.2) is 0 Å². The van der Waals surface area contributed by atoms with Crippen LogP contribution in [-0.2, 0) is 0 Å². The molecule has 11 aromatic rings. The van der Waals surface area contributed by atoms with Gasteiger partial charge in [0.25, 0.3) is 0 Å². The molecule has 0 fully saturated rings. The lowest BCUT2D eigenvalue weighted by molar-refractivity contribution is 0.673. The average molecular weight is 753 g/mol. The Labute approximate surface area is 355 Å². The fourth-order valence-electron chi connectivity index (χ4n) is 7.64. The van der Waals surface area contributed by atoms with Crippen LogP contribution in [0.25, 0.3) is 88.0 Å². The van der Waals surface area contributed by atoms with Crippen LogP contribution >= 0.6 is 0 Å². The third-order valence-electron chi connectivity index (χ3n) is 10.5. The molecular weight excluding hydrogens is 703 g/mol. The number of fused-ring (bicyclic) bond motifs is 6. The normalized spacial score (nSPS) is 14.6. The van der Waals surface area contributed by atoms with Crippen molar-refractivity contribution in [3.63, 3.8) is 0 Å².